The van der Waals surface area contributed by atoms with Gasteiger partial charge in [0.05, 0.1) is 29.3 Å². The van der Waals surface area contributed by atoms with Crippen LogP contribution >= 0.6 is 11.3 Å². The van der Waals surface area contributed by atoms with Crippen LogP contribution in [-0.2, 0) is 10.0 Å². The highest BCUT2D eigenvalue weighted by atomic mass is 32.2. The van der Waals surface area contributed by atoms with Crippen LogP contribution in [0.15, 0.2) is 61.1 Å². The number of nitrogens with one attached hydrogen (secondary N) is 1. The summed E-state index contributed by atoms with van der Waals surface area (Å²) in [6.45, 7) is 1.93. The second-order valence-corrected chi connectivity index (χ2v) is 9.21. The molecule has 0 unspecified atom stereocenters. The van der Waals surface area contributed by atoms with Crippen LogP contribution in [0.2, 0.25) is 0 Å². The Morgan fingerprint density at radius 2 is 1.97 bits per heavy atom. The first-order valence-electron chi connectivity index (χ1n) is 8.57. The van der Waals surface area contributed by atoms with Gasteiger partial charge in [0.15, 0.2) is 0 Å². The number of nitrogens with zero attached hydrogens (tertiary/aromatic N) is 4. The van der Waals surface area contributed by atoms with E-state index in [1.165, 1.54) is 23.7 Å². The normalized spacial score (nSPS) is 11.4. The summed E-state index contributed by atoms with van der Waals surface area (Å²) >= 11 is 1.47. The van der Waals surface area contributed by atoms with Crippen molar-refractivity contribution in [1.29, 1.82) is 0 Å². The van der Waals surface area contributed by atoms with Gasteiger partial charge in [-0.3, -0.25) is 0 Å². The number of rotatable bonds is 6. The van der Waals surface area contributed by atoms with E-state index in [2.05, 4.69) is 20.4 Å². The van der Waals surface area contributed by atoms with Gasteiger partial charge in [0, 0.05) is 17.8 Å². The van der Waals surface area contributed by atoms with Crippen molar-refractivity contribution in [2.45, 2.75) is 6.92 Å². The molecule has 0 atom stereocenters. The van der Waals surface area contributed by atoms with E-state index in [9.17, 15) is 8.42 Å². The van der Waals surface area contributed by atoms with Crippen molar-refractivity contribution in [2.75, 3.05) is 11.6 Å². The first kappa shape index (κ1) is 19.1. The molecule has 1 aromatic carbocycles. The van der Waals surface area contributed by atoms with E-state index in [1.807, 2.05) is 37.3 Å². The molecule has 0 amide bonds. The number of thiazole rings is 1. The third-order valence-electron chi connectivity index (χ3n) is 3.86. The first-order chi connectivity index (χ1) is 13.9. The standard InChI is InChI=1S/C19H17N5O3S2/c1-13-22-18(14-6-4-3-5-7-14)19(28-13)27-16-8-9-20-17(10-16)23-15-11-21-24(12-15)29(2,25)26/h3-12H,1-2H3,(H,20,23). The van der Waals surface area contributed by atoms with Gasteiger partial charge < -0.3 is 10.1 Å². The molecule has 8 nitrogen and oxygen atoms in total. The predicted molar refractivity (Wildman–Crippen MR) is 112 cm³/mol. The minimum atomic E-state index is -3.44. The van der Waals surface area contributed by atoms with Crippen LogP contribution in [0, 0.1) is 6.92 Å². The lowest BCUT2D eigenvalue weighted by molar-refractivity contribution is 0.496. The molecule has 0 spiro atoms. The second kappa shape index (κ2) is 7.64. The molecule has 0 saturated carbocycles. The van der Waals surface area contributed by atoms with Gasteiger partial charge in [-0.1, -0.05) is 41.7 Å². The minimum absolute atomic E-state index is 0.498. The number of aromatic nitrogens is 4. The highest BCUT2D eigenvalue weighted by molar-refractivity contribution is 7.89. The maximum absolute atomic E-state index is 11.5. The highest BCUT2D eigenvalue weighted by Gasteiger charge is 2.14. The molecule has 4 aromatic rings. The smallest absolute Gasteiger partial charge is 0.250 e. The second-order valence-electron chi connectivity index (χ2n) is 6.20. The van der Waals surface area contributed by atoms with Gasteiger partial charge in [0.25, 0.3) is 10.0 Å². The number of hydrogen-bond acceptors (Lipinski definition) is 8. The summed E-state index contributed by atoms with van der Waals surface area (Å²) in [4.78, 5) is 8.83. The van der Waals surface area contributed by atoms with Gasteiger partial charge in [0.1, 0.15) is 17.3 Å². The molecule has 0 aliphatic rings. The van der Waals surface area contributed by atoms with Crippen molar-refractivity contribution in [3.05, 3.63) is 66.1 Å². The molecular formula is C19H17N5O3S2. The predicted octanol–water partition coefficient (Wildman–Crippen LogP) is 4.05. The van der Waals surface area contributed by atoms with Gasteiger partial charge in [0.2, 0.25) is 5.06 Å². The maximum atomic E-state index is 11.5. The highest BCUT2D eigenvalue weighted by Crippen LogP contribution is 2.38. The first-order valence-corrected chi connectivity index (χ1v) is 11.2. The molecule has 148 valence electrons. The Labute approximate surface area is 171 Å². The fraction of sp³-hybridized carbons (Fsp3) is 0.105. The lowest BCUT2D eigenvalue weighted by Crippen LogP contribution is -2.09. The van der Waals surface area contributed by atoms with E-state index >= 15 is 0 Å². The Morgan fingerprint density at radius 1 is 1.17 bits per heavy atom. The quantitative estimate of drug-likeness (QED) is 0.495. The van der Waals surface area contributed by atoms with E-state index in [1.54, 1.807) is 18.3 Å². The summed E-state index contributed by atoms with van der Waals surface area (Å²) in [5.74, 6) is 1.08. The SMILES string of the molecule is Cc1nc(-c2ccccc2)c(Oc2ccnc(Nc3cnn(S(C)(=O)=O)c3)c2)s1. The molecule has 4 rings (SSSR count). The third kappa shape index (κ3) is 4.44. The van der Waals surface area contributed by atoms with Crippen molar-refractivity contribution in [2.24, 2.45) is 0 Å². The lowest BCUT2D eigenvalue weighted by Gasteiger charge is -2.08. The summed E-state index contributed by atoms with van der Waals surface area (Å²) < 4.78 is 30.1. The number of ether oxygens (including phenoxy) is 1. The Hall–Kier alpha value is -3.24. The molecular weight excluding hydrogens is 410 g/mol. The molecule has 0 aliphatic carbocycles. The van der Waals surface area contributed by atoms with E-state index < -0.39 is 10.0 Å². The molecule has 3 aromatic heterocycles. The average molecular weight is 428 g/mol. The van der Waals surface area contributed by atoms with E-state index in [-0.39, 0.29) is 0 Å². The van der Waals surface area contributed by atoms with Gasteiger partial charge in [-0.25, -0.2) is 18.4 Å². The number of anilines is 2. The van der Waals surface area contributed by atoms with Crippen LogP contribution in [0.25, 0.3) is 11.3 Å². The number of benzene rings is 1. The average Bonchev–Trinajstić information content (AvgIpc) is 3.29. The Kier molecular flexibility index (Phi) is 5.03. The Morgan fingerprint density at radius 3 is 2.69 bits per heavy atom. The molecule has 0 aliphatic heterocycles. The van der Waals surface area contributed by atoms with E-state index in [4.69, 9.17) is 4.74 Å². The Balaban J connectivity index is 1.57. The summed E-state index contributed by atoms with van der Waals surface area (Å²) in [6, 6.07) is 13.3. The third-order valence-corrected chi connectivity index (χ3v) is 5.59. The van der Waals surface area contributed by atoms with Crippen LogP contribution in [0.4, 0.5) is 11.5 Å². The van der Waals surface area contributed by atoms with Crippen molar-refractivity contribution in [3.8, 4) is 22.1 Å². The number of aryl methyl sites for hydroxylation is 1. The Bertz CT molecular complexity index is 1250. The van der Waals surface area contributed by atoms with E-state index in [0.29, 0.717) is 22.3 Å². The molecule has 0 radical (unpaired) electrons. The molecule has 0 fully saturated rings. The molecule has 29 heavy (non-hydrogen) atoms. The number of hydrogen-bond donors (Lipinski definition) is 1. The van der Waals surface area contributed by atoms with Crippen LogP contribution in [0.3, 0.4) is 0 Å². The molecule has 0 bridgehead atoms. The fourth-order valence-corrected chi connectivity index (χ4v) is 3.93. The van der Waals surface area contributed by atoms with Gasteiger partial charge in [-0.15, -0.1) is 0 Å². The van der Waals surface area contributed by atoms with Crippen molar-refractivity contribution in [3.63, 3.8) is 0 Å². The maximum Gasteiger partial charge on any atom is 0.250 e. The largest absolute Gasteiger partial charge is 0.444 e. The molecule has 1 N–H and O–H groups in total. The zero-order chi connectivity index (χ0) is 20.4. The zero-order valence-electron chi connectivity index (χ0n) is 15.6. The molecule has 3 heterocycles. The van der Waals surface area contributed by atoms with Crippen LogP contribution < -0.4 is 10.1 Å². The lowest BCUT2D eigenvalue weighted by atomic mass is 10.2. The van der Waals surface area contributed by atoms with Gasteiger partial charge in [-0.05, 0) is 13.0 Å². The summed E-state index contributed by atoms with van der Waals surface area (Å²) in [5, 5.41) is 8.44. The molecule has 10 heteroatoms. The molecule has 0 saturated heterocycles. The van der Waals surface area contributed by atoms with Crippen molar-refractivity contribution < 1.29 is 13.2 Å². The minimum Gasteiger partial charge on any atom is -0.444 e. The van der Waals surface area contributed by atoms with Crippen molar-refractivity contribution in [1.82, 2.24) is 19.2 Å². The van der Waals surface area contributed by atoms with Crippen LogP contribution in [-0.4, -0.2) is 33.8 Å². The van der Waals surface area contributed by atoms with E-state index in [0.717, 1.165) is 26.6 Å². The van der Waals surface area contributed by atoms with Gasteiger partial charge in [-0.2, -0.15) is 9.19 Å². The zero-order valence-corrected chi connectivity index (χ0v) is 17.2. The summed E-state index contributed by atoms with van der Waals surface area (Å²) in [7, 11) is -3.44. The van der Waals surface area contributed by atoms with Gasteiger partial charge >= 0.3 is 0 Å². The van der Waals surface area contributed by atoms with Crippen molar-refractivity contribution >= 4 is 32.9 Å². The summed E-state index contributed by atoms with van der Waals surface area (Å²) in [6.07, 6.45) is 5.48. The van der Waals surface area contributed by atoms with Crippen LogP contribution in [0.5, 0.6) is 10.8 Å². The topological polar surface area (TPSA) is 99.0 Å². The monoisotopic (exact) mass is 427 g/mol. The van der Waals surface area contributed by atoms with Crippen LogP contribution in [0.1, 0.15) is 5.01 Å². The number of pyridine rings is 1. The fourth-order valence-electron chi connectivity index (χ4n) is 2.60. The summed E-state index contributed by atoms with van der Waals surface area (Å²) in [5.41, 5.74) is 2.26.